The third kappa shape index (κ3) is 5.71. The molecule has 1 unspecified atom stereocenters. The largest absolute Gasteiger partial charge is 0.493 e. The molecule has 0 bridgehead atoms. The fourth-order valence-corrected chi connectivity index (χ4v) is 2.27. The molecule has 0 aliphatic heterocycles. The molecule has 2 N–H and O–H groups in total. The summed E-state index contributed by atoms with van der Waals surface area (Å²) in [5.74, 6) is 1.69. The number of pyridine rings is 1. The Hall–Kier alpha value is -1.82. The number of aromatic nitrogens is 1. The Bertz CT molecular complexity index is 551. The van der Waals surface area contributed by atoms with Gasteiger partial charge < -0.3 is 14.8 Å². The van der Waals surface area contributed by atoms with Crippen LogP contribution in [0.4, 0.5) is 10.6 Å². The van der Waals surface area contributed by atoms with Gasteiger partial charge in [-0.2, -0.15) is 0 Å². The standard InChI is InChI=1S/C17H27N3O3/c1-11(13-6-7-13)18-9-12-8-14(22-5)15(19-10-12)20-16(21)23-17(2,3)4/h8,10-11,13,18H,6-7,9H2,1-5H3,(H,19,20,21). The molecule has 128 valence electrons. The zero-order valence-electron chi connectivity index (χ0n) is 14.6. The van der Waals surface area contributed by atoms with E-state index in [9.17, 15) is 4.79 Å². The third-order valence-corrected chi connectivity index (χ3v) is 3.71. The number of nitrogens with zero attached hydrogens (tertiary/aromatic N) is 1. The van der Waals surface area contributed by atoms with Crippen LogP contribution in [0, 0.1) is 5.92 Å². The number of hydrogen-bond acceptors (Lipinski definition) is 5. The van der Waals surface area contributed by atoms with Crippen LogP contribution in [-0.2, 0) is 11.3 Å². The fraction of sp³-hybridized carbons (Fsp3) is 0.647. The van der Waals surface area contributed by atoms with Crippen LogP contribution >= 0.6 is 0 Å². The number of nitrogens with one attached hydrogen (secondary N) is 2. The minimum Gasteiger partial charge on any atom is -0.493 e. The average molecular weight is 321 g/mol. The van der Waals surface area contributed by atoms with Gasteiger partial charge in [0.2, 0.25) is 0 Å². The van der Waals surface area contributed by atoms with E-state index in [2.05, 4.69) is 22.5 Å². The number of anilines is 1. The molecule has 1 aromatic rings. The van der Waals surface area contributed by atoms with Crippen LogP contribution in [0.1, 0.15) is 46.1 Å². The first-order chi connectivity index (χ1) is 10.8. The predicted molar refractivity (Wildman–Crippen MR) is 89.7 cm³/mol. The molecule has 1 aliphatic rings. The quantitative estimate of drug-likeness (QED) is 0.841. The lowest BCUT2D eigenvalue weighted by atomic mass is 10.2. The van der Waals surface area contributed by atoms with Gasteiger partial charge in [0.05, 0.1) is 7.11 Å². The van der Waals surface area contributed by atoms with E-state index in [0.717, 1.165) is 18.0 Å². The monoisotopic (exact) mass is 321 g/mol. The smallest absolute Gasteiger partial charge is 0.413 e. The Labute approximate surface area is 138 Å². The Morgan fingerprint density at radius 3 is 2.70 bits per heavy atom. The van der Waals surface area contributed by atoms with Gasteiger partial charge in [-0.25, -0.2) is 9.78 Å². The molecule has 1 aliphatic carbocycles. The molecule has 0 spiro atoms. The minimum absolute atomic E-state index is 0.362. The third-order valence-electron chi connectivity index (χ3n) is 3.71. The number of rotatable bonds is 6. The Morgan fingerprint density at radius 2 is 2.13 bits per heavy atom. The second-order valence-corrected chi connectivity index (χ2v) is 7.03. The van der Waals surface area contributed by atoms with E-state index >= 15 is 0 Å². The first-order valence-electron chi connectivity index (χ1n) is 8.05. The number of ether oxygens (including phenoxy) is 2. The van der Waals surface area contributed by atoms with Gasteiger partial charge >= 0.3 is 6.09 Å². The summed E-state index contributed by atoms with van der Waals surface area (Å²) in [4.78, 5) is 16.1. The van der Waals surface area contributed by atoms with Crippen molar-refractivity contribution >= 4 is 11.9 Å². The van der Waals surface area contributed by atoms with Gasteiger partial charge in [-0.15, -0.1) is 0 Å². The van der Waals surface area contributed by atoms with Crippen molar-refractivity contribution in [1.82, 2.24) is 10.3 Å². The number of amides is 1. The molecule has 0 aromatic carbocycles. The molecule has 1 fully saturated rings. The van der Waals surface area contributed by atoms with Gasteiger partial charge in [0.1, 0.15) is 5.60 Å². The zero-order valence-corrected chi connectivity index (χ0v) is 14.6. The van der Waals surface area contributed by atoms with E-state index < -0.39 is 11.7 Å². The van der Waals surface area contributed by atoms with Crippen LogP contribution < -0.4 is 15.4 Å². The number of methoxy groups -OCH3 is 1. The lowest BCUT2D eigenvalue weighted by Crippen LogP contribution is -2.28. The Morgan fingerprint density at radius 1 is 1.43 bits per heavy atom. The first kappa shape index (κ1) is 17.5. The summed E-state index contributed by atoms with van der Waals surface area (Å²) in [6.45, 7) is 8.38. The van der Waals surface area contributed by atoms with E-state index in [4.69, 9.17) is 9.47 Å². The molecular weight excluding hydrogens is 294 g/mol. The highest BCUT2D eigenvalue weighted by Gasteiger charge is 2.27. The molecule has 1 saturated carbocycles. The molecule has 6 heteroatoms. The predicted octanol–water partition coefficient (Wildman–Crippen LogP) is 3.33. The van der Waals surface area contributed by atoms with Gasteiger partial charge in [-0.1, -0.05) is 0 Å². The molecule has 23 heavy (non-hydrogen) atoms. The molecular formula is C17H27N3O3. The fourth-order valence-electron chi connectivity index (χ4n) is 2.27. The summed E-state index contributed by atoms with van der Waals surface area (Å²) < 4.78 is 10.5. The molecule has 0 radical (unpaired) electrons. The topological polar surface area (TPSA) is 72.5 Å². The van der Waals surface area contributed by atoms with Crippen molar-refractivity contribution in [3.63, 3.8) is 0 Å². The highest BCUT2D eigenvalue weighted by Crippen LogP contribution is 2.32. The van der Waals surface area contributed by atoms with Crippen molar-refractivity contribution in [2.45, 2.75) is 58.7 Å². The maximum atomic E-state index is 11.8. The maximum Gasteiger partial charge on any atom is 0.413 e. The second-order valence-electron chi connectivity index (χ2n) is 7.03. The number of hydrogen-bond donors (Lipinski definition) is 2. The first-order valence-corrected chi connectivity index (χ1v) is 8.05. The van der Waals surface area contributed by atoms with Crippen LogP contribution in [0.25, 0.3) is 0 Å². The van der Waals surface area contributed by atoms with Crippen molar-refractivity contribution in [2.24, 2.45) is 5.92 Å². The van der Waals surface area contributed by atoms with Crippen LogP contribution in [0.5, 0.6) is 5.75 Å². The van der Waals surface area contributed by atoms with Crippen molar-refractivity contribution < 1.29 is 14.3 Å². The molecule has 2 rings (SSSR count). The molecule has 0 saturated heterocycles. The van der Waals surface area contributed by atoms with Crippen molar-refractivity contribution in [3.8, 4) is 5.75 Å². The van der Waals surface area contributed by atoms with Crippen LogP contribution in [0.3, 0.4) is 0 Å². The normalized spacial score (nSPS) is 15.9. The summed E-state index contributed by atoms with van der Waals surface area (Å²) in [6.07, 6.45) is 3.82. The summed E-state index contributed by atoms with van der Waals surface area (Å²) in [5.41, 5.74) is 0.462. The van der Waals surface area contributed by atoms with E-state index in [1.165, 1.54) is 12.8 Å². The second kappa shape index (κ2) is 7.17. The maximum absolute atomic E-state index is 11.8. The Kier molecular flexibility index (Phi) is 5.46. The van der Waals surface area contributed by atoms with E-state index in [0.29, 0.717) is 17.6 Å². The highest BCUT2D eigenvalue weighted by molar-refractivity contribution is 5.85. The molecule has 1 heterocycles. The van der Waals surface area contributed by atoms with Crippen LogP contribution in [0.2, 0.25) is 0 Å². The minimum atomic E-state index is -0.555. The van der Waals surface area contributed by atoms with Crippen molar-refractivity contribution in [2.75, 3.05) is 12.4 Å². The van der Waals surface area contributed by atoms with E-state index in [-0.39, 0.29) is 0 Å². The molecule has 1 aromatic heterocycles. The average Bonchev–Trinajstić information content (AvgIpc) is 3.28. The van der Waals surface area contributed by atoms with Gasteiger partial charge in [-0.3, -0.25) is 5.32 Å². The molecule has 1 atom stereocenters. The summed E-state index contributed by atoms with van der Waals surface area (Å²) >= 11 is 0. The summed E-state index contributed by atoms with van der Waals surface area (Å²) in [6, 6.07) is 2.40. The molecule has 1 amide bonds. The van der Waals surface area contributed by atoms with Gasteiger partial charge in [0.15, 0.2) is 11.6 Å². The van der Waals surface area contributed by atoms with Crippen molar-refractivity contribution in [3.05, 3.63) is 17.8 Å². The molecule has 6 nitrogen and oxygen atoms in total. The highest BCUT2D eigenvalue weighted by atomic mass is 16.6. The lowest BCUT2D eigenvalue weighted by Gasteiger charge is -2.20. The Balaban J connectivity index is 1.96. The van der Waals surface area contributed by atoms with Gasteiger partial charge in [0.25, 0.3) is 0 Å². The van der Waals surface area contributed by atoms with Gasteiger partial charge in [0, 0.05) is 18.8 Å². The zero-order chi connectivity index (χ0) is 17.0. The van der Waals surface area contributed by atoms with E-state index in [1.54, 1.807) is 13.3 Å². The van der Waals surface area contributed by atoms with E-state index in [1.807, 2.05) is 26.8 Å². The van der Waals surface area contributed by atoms with Gasteiger partial charge in [-0.05, 0) is 58.1 Å². The van der Waals surface area contributed by atoms with Crippen molar-refractivity contribution in [1.29, 1.82) is 0 Å². The lowest BCUT2D eigenvalue weighted by molar-refractivity contribution is 0.0634. The number of carbonyl (C=O) groups is 1. The number of carbonyl (C=O) groups excluding carboxylic acids is 1. The summed E-state index contributed by atoms with van der Waals surface area (Å²) in [5, 5.41) is 6.12. The van der Waals surface area contributed by atoms with Crippen LogP contribution in [0.15, 0.2) is 12.3 Å². The van der Waals surface area contributed by atoms with Crippen LogP contribution in [-0.4, -0.2) is 29.8 Å². The SMILES string of the molecule is COc1cc(CNC(C)C2CC2)cnc1NC(=O)OC(C)(C)C. The summed E-state index contributed by atoms with van der Waals surface area (Å²) in [7, 11) is 1.56.